The summed E-state index contributed by atoms with van der Waals surface area (Å²) in [5.74, 6) is 1.09. The Morgan fingerprint density at radius 2 is 1.68 bits per heavy atom. The van der Waals surface area contributed by atoms with Gasteiger partial charge < -0.3 is 19.3 Å². The third-order valence-electron chi connectivity index (χ3n) is 5.84. The Morgan fingerprint density at radius 3 is 2.32 bits per heavy atom. The number of ether oxygens (including phenoxy) is 2. The van der Waals surface area contributed by atoms with Crippen molar-refractivity contribution in [1.29, 1.82) is 0 Å². The number of amides is 2. The number of rotatable bonds is 5. The molecule has 0 spiro atoms. The lowest BCUT2D eigenvalue weighted by molar-refractivity contribution is 0.0585. The summed E-state index contributed by atoms with van der Waals surface area (Å²) in [6, 6.07) is 5.35. The molecule has 0 aliphatic carbocycles. The van der Waals surface area contributed by atoms with Crippen LogP contribution in [-0.4, -0.2) is 71.0 Å². The van der Waals surface area contributed by atoms with E-state index in [1.165, 1.54) is 6.20 Å². The molecule has 31 heavy (non-hydrogen) atoms. The maximum absolute atomic E-state index is 13.0. The molecule has 2 amide bonds. The Kier molecular flexibility index (Phi) is 6.34. The highest BCUT2D eigenvalue weighted by Gasteiger charge is 2.28. The topological polar surface area (TPSA) is 84.9 Å². The summed E-state index contributed by atoms with van der Waals surface area (Å²) in [7, 11) is 1.60. The summed E-state index contributed by atoms with van der Waals surface area (Å²) in [5.41, 5.74) is 1.70. The Balaban J connectivity index is 1.42. The van der Waals surface area contributed by atoms with Gasteiger partial charge in [-0.05, 0) is 31.9 Å². The predicted octanol–water partition coefficient (Wildman–Crippen LogP) is 2.71. The van der Waals surface area contributed by atoms with Crippen LogP contribution in [0.4, 0.5) is 0 Å². The van der Waals surface area contributed by atoms with E-state index < -0.39 is 0 Å². The highest BCUT2D eigenvalue weighted by molar-refractivity contribution is 5.97. The minimum absolute atomic E-state index is 0.000659. The van der Waals surface area contributed by atoms with E-state index in [0.717, 1.165) is 31.6 Å². The van der Waals surface area contributed by atoms with Crippen molar-refractivity contribution in [1.82, 2.24) is 19.8 Å². The quantitative estimate of drug-likeness (QED) is 0.734. The second kappa shape index (κ2) is 9.32. The maximum Gasteiger partial charge on any atom is 0.274 e. The number of methoxy groups -OCH3 is 1. The fourth-order valence-corrected chi connectivity index (χ4v) is 4.02. The molecule has 8 nitrogen and oxygen atoms in total. The van der Waals surface area contributed by atoms with Gasteiger partial charge in [-0.15, -0.1) is 0 Å². The zero-order chi connectivity index (χ0) is 21.8. The van der Waals surface area contributed by atoms with E-state index in [1.807, 2.05) is 11.8 Å². The van der Waals surface area contributed by atoms with Crippen molar-refractivity contribution in [3.63, 3.8) is 0 Å². The van der Waals surface area contributed by atoms with Gasteiger partial charge in [-0.1, -0.05) is 0 Å². The van der Waals surface area contributed by atoms with Crippen molar-refractivity contribution in [2.45, 2.75) is 38.7 Å². The van der Waals surface area contributed by atoms with Crippen molar-refractivity contribution in [3.8, 4) is 11.5 Å². The number of carbonyl (C=O) groups is 2. The van der Waals surface area contributed by atoms with E-state index in [9.17, 15) is 9.59 Å². The van der Waals surface area contributed by atoms with Crippen LogP contribution in [0.3, 0.4) is 0 Å². The Labute approximate surface area is 182 Å². The normalized spacial score (nSPS) is 17.0. The number of hydrogen-bond acceptors (Lipinski definition) is 6. The number of benzene rings is 1. The lowest BCUT2D eigenvalue weighted by Crippen LogP contribution is -2.42. The van der Waals surface area contributed by atoms with E-state index in [-0.39, 0.29) is 17.9 Å². The summed E-state index contributed by atoms with van der Waals surface area (Å²) in [6.07, 6.45) is 6.48. The van der Waals surface area contributed by atoms with Crippen LogP contribution in [-0.2, 0) is 0 Å². The summed E-state index contributed by atoms with van der Waals surface area (Å²) >= 11 is 0. The third kappa shape index (κ3) is 4.78. The molecule has 4 rings (SSSR count). The van der Waals surface area contributed by atoms with Crippen LogP contribution in [0.2, 0.25) is 0 Å². The van der Waals surface area contributed by atoms with E-state index in [4.69, 9.17) is 9.47 Å². The molecule has 0 atom stereocenters. The van der Waals surface area contributed by atoms with Gasteiger partial charge in [-0.2, -0.15) is 0 Å². The van der Waals surface area contributed by atoms with E-state index in [1.54, 1.807) is 36.4 Å². The zero-order valence-electron chi connectivity index (χ0n) is 18.0. The van der Waals surface area contributed by atoms with E-state index in [0.29, 0.717) is 48.7 Å². The molecule has 0 N–H and O–H groups in total. The smallest absolute Gasteiger partial charge is 0.274 e. The number of aryl methyl sites for hydroxylation is 1. The van der Waals surface area contributed by atoms with Gasteiger partial charge in [0.15, 0.2) is 0 Å². The molecular formula is C23H28N4O4. The van der Waals surface area contributed by atoms with Gasteiger partial charge in [-0.3, -0.25) is 14.6 Å². The third-order valence-corrected chi connectivity index (χ3v) is 5.84. The number of hydrogen-bond donors (Lipinski definition) is 0. The monoisotopic (exact) mass is 424 g/mol. The van der Waals surface area contributed by atoms with Crippen LogP contribution in [0, 0.1) is 6.92 Å². The molecule has 0 unspecified atom stereocenters. The van der Waals surface area contributed by atoms with Gasteiger partial charge in [-0.25, -0.2) is 4.98 Å². The Morgan fingerprint density at radius 1 is 0.968 bits per heavy atom. The molecule has 164 valence electrons. The predicted molar refractivity (Wildman–Crippen MR) is 114 cm³/mol. The number of piperidine rings is 1. The first-order valence-electron chi connectivity index (χ1n) is 10.8. The summed E-state index contributed by atoms with van der Waals surface area (Å²) < 4.78 is 11.6. The van der Waals surface area contributed by atoms with E-state index >= 15 is 0 Å². The molecule has 0 radical (unpaired) electrons. The number of aromatic nitrogens is 2. The number of carbonyl (C=O) groups excluding carboxylic acids is 2. The van der Waals surface area contributed by atoms with Gasteiger partial charge in [0.05, 0.1) is 24.6 Å². The molecule has 1 aromatic heterocycles. The van der Waals surface area contributed by atoms with Crippen LogP contribution >= 0.6 is 0 Å². The molecule has 2 fully saturated rings. The second-order valence-electron chi connectivity index (χ2n) is 8.01. The van der Waals surface area contributed by atoms with Crippen LogP contribution < -0.4 is 9.47 Å². The van der Waals surface area contributed by atoms with Gasteiger partial charge >= 0.3 is 0 Å². The molecule has 0 bridgehead atoms. The van der Waals surface area contributed by atoms with Crippen molar-refractivity contribution in [3.05, 3.63) is 47.5 Å². The summed E-state index contributed by atoms with van der Waals surface area (Å²) in [6.45, 7) is 4.54. The Hall–Kier alpha value is -3.16. The number of nitrogens with zero attached hydrogens (tertiary/aromatic N) is 4. The van der Waals surface area contributed by atoms with Crippen LogP contribution in [0.25, 0.3) is 0 Å². The van der Waals surface area contributed by atoms with Crippen molar-refractivity contribution in [2.24, 2.45) is 0 Å². The summed E-state index contributed by atoms with van der Waals surface area (Å²) in [4.78, 5) is 37.6. The minimum atomic E-state index is -0.114. The molecule has 0 saturated carbocycles. The molecule has 2 saturated heterocycles. The molecule has 3 heterocycles. The molecule has 1 aromatic carbocycles. The fraction of sp³-hybridized carbons (Fsp3) is 0.478. The lowest BCUT2D eigenvalue weighted by atomic mass is 10.1. The van der Waals surface area contributed by atoms with Crippen LogP contribution in [0.1, 0.15) is 52.2 Å². The van der Waals surface area contributed by atoms with Crippen molar-refractivity contribution in [2.75, 3.05) is 33.3 Å². The average molecular weight is 425 g/mol. The average Bonchev–Trinajstić information content (AvgIpc) is 3.34. The molecule has 2 aliphatic rings. The zero-order valence-corrected chi connectivity index (χ0v) is 18.0. The minimum Gasteiger partial charge on any atom is -0.497 e. The lowest BCUT2D eigenvalue weighted by Gasteiger charge is -2.32. The van der Waals surface area contributed by atoms with E-state index in [2.05, 4.69) is 9.97 Å². The van der Waals surface area contributed by atoms with Gasteiger partial charge in [0.2, 0.25) is 0 Å². The molecule has 2 aromatic rings. The van der Waals surface area contributed by atoms with Crippen molar-refractivity contribution < 1.29 is 19.1 Å². The van der Waals surface area contributed by atoms with Gasteiger partial charge in [0.25, 0.3) is 11.8 Å². The molecular weight excluding hydrogens is 396 g/mol. The molecule has 8 heteroatoms. The van der Waals surface area contributed by atoms with Gasteiger partial charge in [0, 0.05) is 51.3 Å². The standard InChI is InChI=1S/C23H28N4O4/c1-16-14-25-20(15-24-16)23(29)27-11-7-17(8-12-27)31-21-13-18(30-2)5-6-19(21)22(28)26-9-3-4-10-26/h5-6,13-15,17H,3-4,7-12H2,1-2H3. The molecule has 2 aliphatic heterocycles. The second-order valence-corrected chi connectivity index (χ2v) is 8.01. The largest absolute Gasteiger partial charge is 0.497 e. The number of likely N-dealkylation sites (tertiary alicyclic amines) is 2. The van der Waals surface area contributed by atoms with Crippen LogP contribution in [0.15, 0.2) is 30.6 Å². The fourth-order valence-electron chi connectivity index (χ4n) is 4.02. The van der Waals surface area contributed by atoms with Crippen LogP contribution in [0.5, 0.6) is 11.5 Å². The first-order chi connectivity index (χ1) is 15.0. The highest BCUT2D eigenvalue weighted by atomic mass is 16.5. The summed E-state index contributed by atoms with van der Waals surface area (Å²) in [5, 5.41) is 0. The van der Waals surface area contributed by atoms with Crippen molar-refractivity contribution >= 4 is 11.8 Å². The first-order valence-corrected chi connectivity index (χ1v) is 10.8. The maximum atomic E-state index is 13.0. The highest BCUT2D eigenvalue weighted by Crippen LogP contribution is 2.30. The Bertz CT molecular complexity index is 933. The SMILES string of the molecule is COc1ccc(C(=O)N2CCCC2)c(OC2CCN(C(=O)c3cnc(C)cn3)CC2)c1. The first kappa shape index (κ1) is 21.1. The van der Waals surface area contributed by atoms with Gasteiger partial charge in [0.1, 0.15) is 23.3 Å².